The first-order valence-corrected chi connectivity index (χ1v) is 6.23. The molecule has 7 heteroatoms. The predicted octanol–water partition coefficient (Wildman–Crippen LogP) is 1.57. The Morgan fingerprint density at radius 1 is 0.947 bits per heavy atom. The van der Waals surface area contributed by atoms with E-state index in [2.05, 4.69) is 0 Å². The second-order valence-corrected chi connectivity index (χ2v) is 4.68. The van der Waals surface area contributed by atoms with Crippen molar-refractivity contribution in [3.05, 3.63) is 0 Å². The van der Waals surface area contributed by atoms with Gasteiger partial charge in [-0.1, -0.05) is 6.92 Å². The molecule has 2 fully saturated rings. The first-order chi connectivity index (χ1) is 8.99. The summed E-state index contributed by atoms with van der Waals surface area (Å²) < 4.78 is 19.9. The zero-order valence-corrected chi connectivity index (χ0v) is 10.8. The van der Waals surface area contributed by atoms with Gasteiger partial charge < -0.3 is 18.9 Å². The van der Waals surface area contributed by atoms with Crippen molar-refractivity contribution < 1.29 is 33.3 Å². The molecule has 2 rings (SSSR count). The van der Waals surface area contributed by atoms with E-state index in [0.717, 1.165) is 0 Å². The van der Waals surface area contributed by atoms with Crippen LogP contribution in [0.2, 0.25) is 0 Å². The molecule has 0 aliphatic carbocycles. The number of Topliss-reactive ketones (excluding diaryl/α,β-unsaturated/α-hetero) is 1. The molecule has 0 saturated carbocycles. The van der Waals surface area contributed by atoms with E-state index < -0.39 is 30.6 Å². The van der Waals surface area contributed by atoms with Crippen molar-refractivity contribution in [1.82, 2.24) is 0 Å². The summed E-state index contributed by atoms with van der Waals surface area (Å²) in [4.78, 5) is 33.3. The molecule has 0 amide bonds. The molecule has 0 radical (unpaired) electrons. The van der Waals surface area contributed by atoms with E-state index in [-0.39, 0.29) is 24.7 Å². The maximum atomic E-state index is 11.1. The van der Waals surface area contributed by atoms with Crippen LogP contribution in [0.1, 0.15) is 33.1 Å². The second-order valence-electron chi connectivity index (χ2n) is 4.68. The van der Waals surface area contributed by atoms with Crippen LogP contribution in [0.15, 0.2) is 0 Å². The Morgan fingerprint density at radius 2 is 1.42 bits per heavy atom. The lowest BCUT2D eigenvalue weighted by Gasteiger charge is -2.19. The molecule has 0 aromatic carbocycles. The third-order valence-electron chi connectivity index (χ3n) is 3.18. The van der Waals surface area contributed by atoms with E-state index in [1.54, 1.807) is 0 Å². The quantitative estimate of drug-likeness (QED) is 0.702. The van der Waals surface area contributed by atoms with Crippen LogP contribution >= 0.6 is 0 Å². The van der Waals surface area contributed by atoms with Crippen molar-refractivity contribution in [3.8, 4) is 0 Å². The fourth-order valence-corrected chi connectivity index (χ4v) is 2.28. The topological polar surface area (TPSA) is 88.1 Å². The van der Waals surface area contributed by atoms with E-state index in [4.69, 9.17) is 18.9 Å². The zero-order chi connectivity index (χ0) is 14.0. The van der Waals surface area contributed by atoms with Gasteiger partial charge in [-0.2, -0.15) is 0 Å². The molecule has 0 N–H and O–H groups in total. The average molecular weight is 272 g/mol. The summed E-state index contributed by atoms with van der Waals surface area (Å²) in [6.45, 7) is 3.28. The molecule has 0 spiro atoms. The van der Waals surface area contributed by atoms with Gasteiger partial charge in [0.2, 0.25) is 0 Å². The lowest BCUT2D eigenvalue weighted by molar-refractivity contribution is -0.119. The van der Waals surface area contributed by atoms with Gasteiger partial charge in [0, 0.05) is 12.8 Å². The molecule has 4 atom stereocenters. The van der Waals surface area contributed by atoms with Crippen LogP contribution in [0.5, 0.6) is 0 Å². The van der Waals surface area contributed by atoms with Crippen LogP contribution < -0.4 is 0 Å². The van der Waals surface area contributed by atoms with Crippen LogP contribution in [0.25, 0.3) is 0 Å². The Balaban J connectivity index is 1.98. The molecular weight excluding hydrogens is 256 g/mol. The van der Waals surface area contributed by atoms with Crippen molar-refractivity contribution in [2.45, 2.75) is 57.5 Å². The second kappa shape index (κ2) is 5.46. The van der Waals surface area contributed by atoms with Crippen molar-refractivity contribution >= 4 is 18.1 Å². The molecule has 0 bridgehead atoms. The molecule has 2 aliphatic heterocycles. The van der Waals surface area contributed by atoms with Crippen LogP contribution in [0, 0.1) is 0 Å². The summed E-state index contributed by atoms with van der Waals surface area (Å²) in [5.41, 5.74) is 0. The first-order valence-electron chi connectivity index (χ1n) is 6.23. The Labute approximate surface area is 110 Å². The lowest BCUT2D eigenvalue weighted by Crippen LogP contribution is -2.33. The Kier molecular flexibility index (Phi) is 3.92. The van der Waals surface area contributed by atoms with Gasteiger partial charge in [0.15, 0.2) is 0 Å². The number of cyclic esters (lactones) is 4. The van der Waals surface area contributed by atoms with Crippen molar-refractivity contribution in [2.75, 3.05) is 0 Å². The number of hydrogen-bond acceptors (Lipinski definition) is 7. The summed E-state index contributed by atoms with van der Waals surface area (Å²) >= 11 is 0. The van der Waals surface area contributed by atoms with E-state index in [1.165, 1.54) is 6.92 Å². The third-order valence-corrected chi connectivity index (χ3v) is 3.18. The number of rotatable bonds is 5. The van der Waals surface area contributed by atoms with Crippen molar-refractivity contribution in [2.24, 2.45) is 0 Å². The minimum Gasteiger partial charge on any atom is -0.427 e. The summed E-state index contributed by atoms with van der Waals surface area (Å²) in [7, 11) is 0. The van der Waals surface area contributed by atoms with Crippen molar-refractivity contribution in [3.63, 3.8) is 0 Å². The predicted molar refractivity (Wildman–Crippen MR) is 60.5 cm³/mol. The van der Waals surface area contributed by atoms with E-state index in [9.17, 15) is 14.4 Å². The molecular formula is C12H16O7. The van der Waals surface area contributed by atoms with Gasteiger partial charge in [-0.3, -0.25) is 4.79 Å². The fourth-order valence-electron chi connectivity index (χ4n) is 2.28. The largest absolute Gasteiger partial charge is 0.509 e. The highest BCUT2D eigenvalue weighted by Crippen LogP contribution is 2.28. The minimum absolute atomic E-state index is 0.0920. The summed E-state index contributed by atoms with van der Waals surface area (Å²) in [5.74, 6) is -0.0972. The van der Waals surface area contributed by atoms with Crippen LogP contribution in [-0.4, -0.2) is 42.5 Å². The maximum absolute atomic E-state index is 11.1. The minimum atomic E-state index is -0.797. The smallest absolute Gasteiger partial charge is 0.427 e. The molecule has 106 valence electrons. The van der Waals surface area contributed by atoms with Crippen LogP contribution in [-0.2, 0) is 23.7 Å². The molecule has 4 unspecified atom stereocenters. The van der Waals surface area contributed by atoms with Gasteiger partial charge in [-0.25, -0.2) is 9.59 Å². The monoisotopic (exact) mass is 272 g/mol. The van der Waals surface area contributed by atoms with Crippen LogP contribution in [0.4, 0.5) is 9.59 Å². The van der Waals surface area contributed by atoms with Gasteiger partial charge in [-0.05, 0) is 13.3 Å². The fraction of sp³-hybridized carbons (Fsp3) is 0.750. The number of ether oxygens (including phenoxy) is 4. The molecule has 2 heterocycles. The molecule has 2 saturated heterocycles. The first kappa shape index (κ1) is 13.6. The Morgan fingerprint density at radius 3 is 1.95 bits per heavy atom. The number of ketones is 1. The maximum Gasteiger partial charge on any atom is 0.509 e. The average Bonchev–Trinajstić information content (AvgIpc) is 2.82. The molecule has 7 nitrogen and oxygen atoms in total. The Hall–Kier alpha value is -1.79. The summed E-state index contributed by atoms with van der Waals surface area (Å²) in [5, 5.41) is 0. The Bertz CT molecular complexity index is 392. The van der Waals surface area contributed by atoms with Gasteiger partial charge in [0.05, 0.1) is 0 Å². The molecule has 19 heavy (non-hydrogen) atoms. The SMILES string of the molecule is CCC1OC(=O)OC1CC1OC(=O)OC1CC(C)=O. The molecule has 0 aromatic heterocycles. The molecule has 0 aromatic rings. The van der Waals surface area contributed by atoms with Gasteiger partial charge >= 0.3 is 12.3 Å². The third kappa shape index (κ3) is 3.15. The van der Waals surface area contributed by atoms with Gasteiger partial charge in [0.25, 0.3) is 0 Å². The van der Waals surface area contributed by atoms with Crippen molar-refractivity contribution in [1.29, 1.82) is 0 Å². The number of hydrogen-bond donors (Lipinski definition) is 0. The summed E-state index contributed by atoms with van der Waals surface area (Å²) in [6.07, 6.45) is -2.60. The number of carbonyl (C=O) groups excluding carboxylic acids is 3. The number of carbonyl (C=O) groups is 3. The molecule has 2 aliphatic rings. The van der Waals surface area contributed by atoms with Gasteiger partial charge in [-0.15, -0.1) is 0 Å². The highest BCUT2D eigenvalue weighted by molar-refractivity contribution is 5.77. The van der Waals surface area contributed by atoms with E-state index in [1.807, 2.05) is 6.92 Å². The highest BCUT2D eigenvalue weighted by atomic mass is 16.8. The van der Waals surface area contributed by atoms with Crippen LogP contribution in [0.3, 0.4) is 0 Å². The standard InChI is InChI=1S/C12H16O7/c1-3-7-9(18-11(14)16-7)5-10-8(4-6(2)13)17-12(15)19-10/h7-10H,3-5H2,1-2H3. The van der Waals surface area contributed by atoms with E-state index in [0.29, 0.717) is 6.42 Å². The zero-order valence-electron chi connectivity index (χ0n) is 10.8. The lowest BCUT2D eigenvalue weighted by atomic mass is 9.99. The normalized spacial score (nSPS) is 33.4. The highest BCUT2D eigenvalue weighted by Gasteiger charge is 2.44. The van der Waals surface area contributed by atoms with E-state index >= 15 is 0 Å². The summed E-state index contributed by atoms with van der Waals surface area (Å²) in [6, 6.07) is 0. The van der Waals surface area contributed by atoms with Gasteiger partial charge in [0.1, 0.15) is 30.2 Å².